The van der Waals surface area contributed by atoms with Gasteiger partial charge >= 0.3 is 0 Å². The van der Waals surface area contributed by atoms with Gasteiger partial charge in [0.15, 0.2) is 0 Å². The first-order valence-electron chi connectivity index (χ1n) is 17.9. The van der Waals surface area contributed by atoms with E-state index in [0.717, 1.165) is 33.3 Å². The Kier molecular flexibility index (Phi) is 6.35. The first kappa shape index (κ1) is 29.0. The molecule has 4 heteroatoms. The molecule has 0 aliphatic heterocycles. The summed E-state index contributed by atoms with van der Waals surface area (Å²) in [5, 5.41) is 7.18. The molecule has 0 unspecified atom stereocenters. The molecule has 0 fully saturated rings. The molecule has 0 atom stereocenters. The summed E-state index contributed by atoms with van der Waals surface area (Å²) in [4.78, 5) is 0. The van der Waals surface area contributed by atoms with Crippen molar-refractivity contribution < 1.29 is 4.42 Å². The highest BCUT2D eigenvalue weighted by molar-refractivity contribution is 6.95. The largest absolute Gasteiger partial charge is 0.456 e. The van der Waals surface area contributed by atoms with E-state index in [1.807, 2.05) is 0 Å². The van der Waals surface area contributed by atoms with Crippen molar-refractivity contribution in [2.75, 3.05) is 0 Å². The average Bonchev–Trinajstić information content (AvgIpc) is 3.86. The molecule has 0 aliphatic carbocycles. The van der Waals surface area contributed by atoms with Crippen LogP contribution in [-0.4, -0.2) is 15.8 Å². The van der Waals surface area contributed by atoms with Gasteiger partial charge in [0, 0.05) is 43.7 Å². The molecule has 0 bridgehead atoms. The van der Waals surface area contributed by atoms with Crippen molar-refractivity contribution in [3.8, 4) is 11.4 Å². The van der Waals surface area contributed by atoms with Gasteiger partial charge in [-0.1, -0.05) is 156 Å². The maximum atomic E-state index is 6.52. The van der Waals surface area contributed by atoms with Crippen molar-refractivity contribution >= 4 is 88.7 Å². The second-order valence-electron chi connectivity index (χ2n) is 13.7. The third-order valence-corrected chi connectivity index (χ3v) is 10.8. The zero-order chi connectivity index (χ0) is 34.2. The minimum absolute atomic E-state index is 0.102. The molecule has 3 aromatic heterocycles. The van der Waals surface area contributed by atoms with E-state index in [4.69, 9.17) is 4.42 Å². The van der Waals surface area contributed by atoms with Crippen molar-refractivity contribution in [3.63, 3.8) is 0 Å². The lowest BCUT2D eigenvalue weighted by Crippen LogP contribution is -2.51. The Morgan fingerprint density at radius 2 is 0.808 bits per heavy atom. The normalized spacial score (nSPS) is 11.8. The minimum Gasteiger partial charge on any atom is -0.456 e. The predicted octanol–water partition coefficient (Wildman–Crippen LogP) is 10.3. The number of hydrogen-bond donors (Lipinski definition) is 0. The zero-order valence-electron chi connectivity index (χ0n) is 28.3. The molecule has 0 radical (unpaired) electrons. The monoisotopic (exact) mass is 662 g/mol. The van der Waals surface area contributed by atoms with Crippen LogP contribution >= 0.6 is 0 Å². The van der Waals surface area contributed by atoms with E-state index in [9.17, 15) is 0 Å². The molecule has 0 amide bonds. The molecular weight excluding hydrogens is 631 g/mol. The fourth-order valence-electron chi connectivity index (χ4n) is 8.58. The first-order chi connectivity index (χ1) is 25.8. The van der Waals surface area contributed by atoms with Crippen LogP contribution < -0.4 is 16.4 Å². The van der Waals surface area contributed by atoms with Gasteiger partial charge in [0.25, 0.3) is 0 Å². The molecule has 8 aromatic carbocycles. The molecule has 0 saturated heterocycles. The quantitative estimate of drug-likeness (QED) is 0.168. The fourth-order valence-corrected chi connectivity index (χ4v) is 8.58. The van der Waals surface area contributed by atoms with Crippen LogP contribution in [0.1, 0.15) is 0 Å². The number of fused-ring (bicyclic) bond motifs is 10. The summed E-state index contributed by atoms with van der Waals surface area (Å²) in [6.07, 6.45) is 0. The van der Waals surface area contributed by atoms with Crippen molar-refractivity contribution in [2.45, 2.75) is 0 Å². The summed E-state index contributed by atoms with van der Waals surface area (Å²) in [5.41, 5.74) is 12.6. The van der Waals surface area contributed by atoms with E-state index in [0.29, 0.717) is 0 Å². The predicted molar refractivity (Wildman–Crippen MR) is 220 cm³/mol. The van der Waals surface area contributed by atoms with E-state index >= 15 is 0 Å². The van der Waals surface area contributed by atoms with E-state index in [1.54, 1.807) is 0 Å². The van der Waals surface area contributed by atoms with E-state index in [-0.39, 0.29) is 6.71 Å². The Bertz CT molecular complexity index is 3080. The summed E-state index contributed by atoms with van der Waals surface area (Å²) < 4.78 is 11.4. The van der Waals surface area contributed by atoms with Crippen molar-refractivity contribution in [1.82, 2.24) is 9.13 Å². The number of rotatable bonds is 5. The molecule has 0 spiro atoms. The Labute approximate surface area is 300 Å². The molecular formula is C48H31BN2O. The zero-order valence-corrected chi connectivity index (χ0v) is 28.3. The summed E-state index contributed by atoms with van der Waals surface area (Å²) in [7, 11) is 0. The molecule has 0 saturated carbocycles. The highest BCUT2D eigenvalue weighted by Gasteiger charge is 2.24. The molecule has 11 aromatic rings. The van der Waals surface area contributed by atoms with Crippen LogP contribution in [0.25, 0.3) is 76.9 Å². The van der Waals surface area contributed by atoms with Crippen LogP contribution in [0.15, 0.2) is 192 Å². The Morgan fingerprint density at radius 3 is 1.40 bits per heavy atom. The molecule has 11 rings (SSSR count). The summed E-state index contributed by atoms with van der Waals surface area (Å²) in [6, 6.07) is 67.9. The van der Waals surface area contributed by atoms with Crippen LogP contribution in [0.2, 0.25) is 0 Å². The van der Waals surface area contributed by atoms with E-state index < -0.39 is 0 Å². The lowest BCUT2D eigenvalue weighted by molar-refractivity contribution is 0.669. The lowest BCUT2D eigenvalue weighted by atomic mass is 9.37. The number of hydrogen-bond acceptors (Lipinski definition) is 1. The van der Waals surface area contributed by atoms with Gasteiger partial charge in [-0.15, -0.1) is 0 Å². The molecule has 3 nitrogen and oxygen atoms in total. The van der Waals surface area contributed by atoms with Crippen LogP contribution in [0, 0.1) is 0 Å². The Balaban J connectivity index is 1.20. The van der Waals surface area contributed by atoms with Crippen LogP contribution in [0.5, 0.6) is 0 Å². The molecule has 0 N–H and O–H groups in total. The molecule has 52 heavy (non-hydrogen) atoms. The third-order valence-electron chi connectivity index (χ3n) is 10.8. The Morgan fingerprint density at radius 1 is 0.327 bits per heavy atom. The van der Waals surface area contributed by atoms with Gasteiger partial charge in [-0.25, -0.2) is 0 Å². The lowest BCUT2D eigenvalue weighted by Gasteiger charge is -2.15. The van der Waals surface area contributed by atoms with Gasteiger partial charge in [0.2, 0.25) is 6.71 Å². The van der Waals surface area contributed by atoms with Gasteiger partial charge in [-0.2, -0.15) is 0 Å². The van der Waals surface area contributed by atoms with Crippen molar-refractivity contribution in [1.29, 1.82) is 0 Å². The first-order valence-corrected chi connectivity index (χ1v) is 17.9. The smallest absolute Gasteiger partial charge is 0.241 e. The second-order valence-corrected chi connectivity index (χ2v) is 13.7. The van der Waals surface area contributed by atoms with E-state index in [1.165, 1.54) is 60.0 Å². The summed E-state index contributed by atoms with van der Waals surface area (Å²) in [5.74, 6) is 0. The number of benzene rings is 8. The van der Waals surface area contributed by atoms with Gasteiger partial charge < -0.3 is 13.6 Å². The summed E-state index contributed by atoms with van der Waals surface area (Å²) in [6.45, 7) is 0.102. The summed E-state index contributed by atoms with van der Waals surface area (Å²) >= 11 is 0. The van der Waals surface area contributed by atoms with Crippen LogP contribution in [0.3, 0.4) is 0 Å². The number of aromatic nitrogens is 2. The van der Waals surface area contributed by atoms with Crippen LogP contribution in [-0.2, 0) is 0 Å². The standard InChI is InChI=1S/C48H31BN2O/c1-4-14-32(15-5-1)49(33-16-6-2-7-17-33)34-24-28-45-41(30-34)42-31-36(25-29-46(42)52-45)51-44-23-13-11-21-38(44)40-27-26-39-37-20-10-12-22-43(37)50(47(39)48(40)51)35-18-8-3-9-19-35/h1-31H. The topological polar surface area (TPSA) is 23.0 Å². The SMILES string of the molecule is c1ccc(B(c2ccccc2)c2ccc3oc4ccc(-n5c6ccccc6c6ccc7c8ccccc8n(-c8ccccc8)c7c65)cc4c3c2)cc1. The number of para-hydroxylation sites is 3. The average molecular weight is 663 g/mol. The molecule has 242 valence electrons. The fraction of sp³-hybridized carbons (Fsp3) is 0. The highest BCUT2D eigenvalue weighted by Crippen LogP contribution is 2.42. The van der Waals surface area contributed by atoms with E-state index in [2.05, 4.69) is 197 Å². The Hall–Kier alpha value is -6.78. The third kappa shape index (κ3) is 4.28. The van der Waals surface area contributed by atoms with Crippen LogP contribution in [0.4, 0.5) is 0 Å². The maximum Gasteiger partial charge on any atom is 0.241 e. The highest BCUT2D eigenvalue weighted by atomic mass is 16.3. The van der Waals surface area contributed by atoms with Gasteiger partial charge in [0.1, 0.15) is 11.2 Å². The molecule has 0 aliphatic rings. The number of furan rings is 1. The second kappa shape index (κ2) is 11.4. The minimum atomic E-state index is 0.102. The number of nitrogens with zero attached hydrogens (tertiary/aromatic N) is 2. The maximum absolute atomic E-state index is 6.52. The molecule has 3 heterocycles. The van der Waals surface area contributed by atoms with Gasteiger partial charge in [0.05, 0.1) is 22.1 Å². The van der Waals surface area contributed by atoms with Gasteiger partial charge in [-0.05, 0) is 48.5 Å². The van der Waals surface area contributed by atoms with Gasteiger partial charge in [-0.3, -0.25) is 0 Å². The van der Waals surface area contributed by atoms with Crippen molar-refractivity contribution in [2.24, 2.45) is 0 Å². The van der Waals surface area contributed by atoms with Crippen molar-refractivity contribution in [3.05, 3.63) is 188 Å².